The first-order valence-electron chi connectivity index (χ1n) is 11.4. The average molecular weight is 355 g/mol. The van der Waals surface area contributed by atoms with Crippen molar-refractivity contribution in [2.24, 2.45) is 5.92 Å². The number of carbonyl (C=O) groups excluding carboxylic acids is 1. The molecular formula is C23H46O2. The van der Waals surface area contributed by atoms with E-state index >= 15 is 0 Å². The van der Waals surface area contributed by atoms with Gasteiger partial charge in [0.2, 0.25) is 0 Å². The Balaban J connectivity index is 3.17. The minimum absolute atomic E-state index is 0.00175. The van der Waals surface area contributed by atoms with Crippen LogP contribution in [0.3, 0.4) is 0 Å². The molecule has 2 nitrogen and oxygen atoms in total. The summed E-state index contributed by atoms with van der Waals surface area (Å²) in [5.41, 5.74) is 0. The monoisotopic (exact) mass is 354 g/mol. The molecule has 1 atom stereocenters. The summed E-state index contributed by atoms with van der Waals surface area (Å²) in [6.07, 6.45) is 21.5. The van der Waals surface area contributed by atoms with Crippen molar-refractivity contribution in [2.75, 3.05) is 6.61 Å². The minimum atomic E-state index is 0.00175. The molecule has 0 aliphatic rings. The smallest absolute Gasteiger partial charge is 0.305 e. The molecule has 0 aromatic heterocycles. The first kappa shape index (κ1) is 24.5. The Labute approximate surface area is 158 Å². The second-order valence-electron chi connectivity index (χ2n) is 7.90. The van der Waals surface area contributed by atoms with E-state index in [1.165, 1.54) is 89.9 Å². The zero-order valence-corrected chi connectivity index (χ0v) is 17.6. The molecule has 1 unspecified atom stereocenters. The first-order chi connectivity index (χ1) is 12.2. The quantitative estimate of drug-likeness (QED) is 0.174. The van der Waals surface area contributed by atoms with Gasteiger partial charge in [-0.2, -0.15) is 0 Å². The third-order valence-electron chi connectivity index (χ3n) is 5.13. The number of esters is 1. The van der Waals surface area contributed by atoms with Crippen LogP contribution in [0.5, 0.6) is 0 Å². The summed E-state index contributed by atoms with van der Waals surface area (Å²) in [5, 5.41) is 0. The van der Waals surface area contributed by atoms with Gasteiger partial charge in [0.25, 0.3) is 0 Å². The van der Waals surface area contributed by atoms with Gasteiger partial charge in [0.1, 0.15) is 0 Å². The van der Waals surface area contributed by atoms with E-state index in [0.29, 0.717) is 18.9 Å². The lowest BCUT2D eigenvalue weighted by molar-refractivity contribution is -0.144. The van der Waals surface area contributed by atoms with Gasteiger partial charge in [-0.05, 0) is 18.8 Å². The maximum atomic E-state index is 11.6. The Kier molecular flexibility index (Phi) is 19.4. The fraction of sp³-hybridized carbons (Fsp3) is 0.957. The number of hydrogen-bond acceptors (Lipinski definition) is 2. The van der Waals surface area contributed by atoms with Crippen LogP contribution in [-0.4, -0.2) is 12.6 Å². The summed E-state index contributed by atoms with van der Waals surface area (Å²) in [6, 6.07) is 0. The molecule has 0 aromatic rings. The van der Waals surface area contributed by atoms with Crippen molar-refractivity contribution in [3.63, 3.8) is 0 Å². The Hall–Kier alpha value is -0.530. The van der Waals surface area contributed by atoms with E-state index in [9.17, 15) is 4.79 Å². The van der Waals surface area contributed by atoms with Crippen molar-refractivity contribution in [2.45, 2.75) is 130 Å². The second-order valence-corrected chi connectivity index (χ2v) is 7.90. The molecular weight excluding hydrogens is 308 g/mol. The zero-order valence-electron chi connectivity index (χ0n) is 17.6. The predicted octanol–water partition coefficient (Wildman–Crippen LogP) is 7.84. The first-order valence-corrected chi connectivity index (χ1v) is 11.4. The molecule has 0 bridgehead atoms. The molecule has 0 spiro atoms. The number of ether oxygens (including phenoxy) is 1. The van der Waals surface area contributed by atoms with Crippen molar-refractivity contribution < 1.29 is 9.53 Å². The zero-order chi connectivity index (χ0) is 18.6. The lowest BCUT2D eigenvalue weighted by atomic mass is 10.0. The Bertz CT molecular complexity index is 275. The molecule has 0 fully saturated rings. The van der Waals surface area contributed by atoms with E-state index in [2.05, 4.69) is 20.8 Å². The summed E-state index contributed by atoms with van der Waals surface area (Å²) in [4.78, 5) is 11.6. The van der Waals surface area contributed by atoms with Gasteiger partial charge in [-0.3, -0.25) is 4.79 Å². The maximum absolute atomic E-state index is 11.6. The molecule has 0 N–H and O–H groups in total. The van der Waals surface area contributed by atoms with Crippen LogP contribution in [0.15, 0.2) is 0 Å². The third-order valence-corrected chi connectivity index (χ3v) is 5.13. The molecule has 0 heterocycles. The van der Waals surface area contributed by atoms with Crippen LogP contribution >= 0.6 is 0 Å². The van der Waals surface area contributed by atoms with Gasteiger partial charge in [-0.25, -0.2) is 0 Å². The molecule has 0 amide bonds. The van der Waals surface area contributed by atoms with Crippen LogP contribution in [-0.2, 0) is 9.53 Å². The lowest BCUT2D eigenvalue weighted by Gasteiger charge is -2.09. The lowest BCUT2D eigenvalue weighted by Crippen LogP contribution is -2.07. The van der Waals surface area contributed by atoms with Crippen molar-refractivity contribution in [3.8, 4) is 0 Å². The van der Waals surface area contributed by atoms with Gasteiger partial charge in [-0.1, -0.05) is 111 Å². The van der Waals surface area contributed by atoms with E-state index in [0.717, 1.165) is 12.8 Å². The van der Waals surface area contributed by atoms with Gasteiger partial charge < -0.3 is 4.74 Å². The van der Waals surface area contributed by atoms with Gasteiger partial charge in [0.15, 0.2) is 0 Å². The molecule has 25 heavy (non-hydrogen) atoms. The van der Waals surface area contributed by atoms with Crippen LogP contribution in [0.2, 0.25) is 0 Å². The van der Waals surface area contributed by atoms with Crippen molar-refractivity contribution in [3.05, 3.63) is 0 Å². The highest BCUT2D eigenvalue weighted by molar-refractivity contribution is 5.69. The standard InChI is InChI=1S/C23H46O2/c1-4-6-7-8-9-10-11-12-13-14-15-16-17-21-25-23(24)20-19-22(3)18-5-2/h22H,4-21H2,1-3H3. The van der Waals surface area contributed by atoms with Crippen molar-refractivity contribution >= 4 is 5.97 Å². The van der Waals surface area contributed by atoms with Crippen LogP contribution < -0.4 is 0 Å². The molecule has 150 valence electrons. The molecule has 0 aliphatic heterocycles. The van der Waals surface area contributed by atoms with Gasteiger partial charge >= 0.3 is 5.97 Å². The SMILES string of the molecule is CCCCCCCCCCCCCCCOC(=O)CCC(C)CCC. The highest BCUT2D eigenvalue weighted by atomic mass is 16.5. The van der Waals surface area contributed by atoms with Gasteiger partial charge in [0.05, 0.1) is 6.61 Å². The topological polar surface area (TPSA) is 26.3 Å². The molecule has 2 heteroatoms. The molecule has 0 radical (unpaired) electrons. The molecule has 0 aromatic carbocycles. The van der Waals surface area contributed by atoms with Gasteiger partial charge in [-0.15, -0.1) is 0 Å². The highest BCUT2D eigenvalue weighted by Gasteiger charge is 2.06. The van der Waals surface area contributed by atoms with Crippen LogP contribution in [0.1, 0.15) is 130 Å². The summed E-state index contributed by atoms with van der Waals surface area (Å²) < 4.78 is 5.33. The largest absolute Gasteiger partial charge is 0.466 e. The van der Waals surface area contributed by atoms with E-state index in [-0.39, 0.29) is 5.97 Å². The average Bonchev–Trinajstić information content (AvgIpc) is 2.60. The molecule has 0 aliphatic carbocycles. The number of hydrogen-bond donors (Lipinski definition) is 0. The number of carbonyl (C=O) groups is 1. The second kappa shape index (κ2) is 19.8. The Morgan fingerprint density at radius 2 is 1.16 bits per heavy atom. The summed E-state index contributed by atoms with van der Waals surface area (Å²) in [5.74, 6) is 0.649. The van der Waals surface area contributed by atoms with E-state index in [1.807, 2.05) is 0 Å². The maximum Gasteiger partial charge on any atom is 0.305 e. The molecule has 0 rings (SSSR count). The molecule has 0 saturated carbocycles. The fourth-order valence-electron chi connectivity index (χ4n) is 3.38. The Morgan fingerprint density at radius 1 is 0.680 bits per heavy atom. The van der Waals surface area contributed by atoms with Gasteiger partial charge in [0, 0.05) is 6.42 Å². The Morgan fingerprint density at radius 3 is 1.64 bits per heavy atom. The van der Waals surface area contributed by atoms with E-state index in [1.54, 1.807) is 0 Å². The van der Waals surface area contributed by atoms with Crippen molar-refractivity contribution in [1.82, 2.24) is 0 Å². The summed E-state index contributed by atoms with van der Waals surface area (Å²) in [7, 11) is 0. The normalized spacial score (nSPS) is 12.3. The van der Waals surface area contributed by atoms with Crippen molar-refractivity contribution in [1.29, 1.82) is 0 Å². The predicted molar refractivity (Wildman–Crippen MR) is 110 cm³/mol. The summed E-state index contributed by atoms with van der Waals surface area (Å²) in [6.45, 7) is 7.32. The molecule has 0 saturated heterocycles. The van der Waals surface area contributed by atoms with E-state index < -0.39 is 0 Å². The highest BCUT2D eigenvalue weighted by Crippen LogP contribution is 2.14. The van der Waals surface area contributed by atoms with Crippen LogP contribution in [0.4, 0.5) is 0 Å². The third kappa shape index (κ3) is 19.6. The van der Waals surface area contributed by atoms with Crippen LogP contribution in [0.25, 0.3) is 0 Å². The minimum Gasteiger partial charge on any atom is -0.466 e. The number of rotatable bonds is 19. The van der Waals surface area contributed by atoms with Crippen LogP contribution in [0, 0.1) is 5.92 Å². The summed E-state index contributed by atoms with van der Waals surface area (Å²) >= 11 is 0. The van der Waals surface area contributed by atoms with E-state index in [4.69, 9.17) is 4.74 Å². The fourth-order valence-corrected chi connectivity index (χ4v) is 3.38. The number of unbranched alkanes of at least 4 members (excludes halogenated alkanes) is 12.